The van der Waals surface area contributed by atoms with Crippen LogP contribution in [-0.4, -0.2) is 47.6 Å². The quantitative estimate of drug-likeness (QED) is 0.600. The summed E-state index contributed by atoms with van der Waals surface area (Å²) in [6.45, 7) is 8.28. The molecule has 1 heterocycles. The maximum Gasteiger partial charge on any atom is 0.237 e. The van der Waals surface area contributed by atoms with E-state index in [0.717, 1.165) is 41.0 Å². The highest BCUT2D eigenvalue weighted by atomic mass is 32.2. The normalized spacial score (nSPS) is 11.6. The highest BCUT2D eigenvalue weighted by molar-refractivity contribution is 7.92. The number of sulfone groups is 1. The molecule has 1 amide bonds. The Morgan fingerprint density at radius 1 is 1.14 bits per heavy atom. The number of carbonyl (C=O) groups is 1. The molecule has 0 radical (unpaired) electrons. The summed E-state index contributed by atoms with van der Waals surface area (Å²) in [6, 6.07) is 8.00. The van der Waals surface area contributed by atoms with Gasteiger partial charge in [0.15, 0.2) is 9.84 Å². The summed E-state index contributed by atoms with van der Waals surface area (Å²) >= 11 is 0. The molecule has 0 fully saturated rings. The van der Waals surface area contributed by atoms with Crippen molar-refractivity contribution in [2.45, 2.75) is 53.5 Å². The summed E-state index contributed by atoms with van der Waals surface area (Å²) < 4.78 is 26.2. The van der Waals surface area contributed by atoms with E-state index in [1.54, 1.807) is 7.05 Å². The van der Waals surface area contributed by atoms with Crippen LogP contribution in [0.4, 0.5) is 0 Å². The number of benzene rings is 1. The van der Waals surface area contributed by atoms with E-state index in [1.807, 2.05) is 56.6 Å². The number of carbonyl (C=O) groups excluding carboxylic acids is 1. The Morgan fingerprint density at radius 3 is 2.46 bits per heavy atom. The molecule has 0 spiro atoms. The van der Waals surface area contributed by atoms with Crippen LogP contribution in [-0.2, 0) is 21.2 Å². The van der Waals surface area contributed by atoms with Crippen molar-refractivity contribution in [1.82, 2.24) is 14.7 Å². The molecule has 0 atom stereocenters. The fourth-order valence-corrected chi connectivity index (χ4v) is 4.59. The molecule has 0 bridgehead atoms. The Morgan fingerprint density at radius 2 is 1.82 bits per heavy atom. The summed E-state index contributed by atoms with van der Waals surface area (Å²) in [4.78, 5) is 14.0. The predicted molar refractivity (Wildman–Crippen MR) is 112 cm³/mol. The fourth-order valence-electron chi connectivity index (χ4n) is 3.21. The number of aromatic nitrogens is 2. The van der Waals surface area contributed by atoms with Crippen LogP contribution in [0.15, 0.2) is 24.3 Å². The molecule has 7 heteroatoms. The lowest BCUT2D eigenvalue weighted by molar-refractivity contribution is -0.127. The molecule has 2 rings (SSSR count). The van der Waals surface area contributed by atoms with Gasteiger partial charge in [-0.1, -0.05) is 38.0 Å². The van der Waals surface area contributed by atoms with Gasteiger partial charge in [0.1, 0.15) is 5.75 Å². The third-order valence-corrected chi connectivity index (χ3v) is 6.61. The summed E-state index contributed by atoms with van der Waals surface area (Å²) in [5.74, 6) is -0.736. The van der Waals surface area contributed by atoms with Gasteiger partial charge in [0.05, 0.1) is 17.1 Å². The Hall–Kier alpha value is -2.15. The molecule has 0 aliphatic carbocycles. The molecule has 0 saturated carbocycles. The number of nitrogens with zero attached hydrogens (tertiary/aromatic N) is 3. The maximum atomic E-state index is 12.5. The Labute approximate surface area is 168 Å². The number of para-hydroxylation sites is 1. The van der Waals surface area contributed by atoms with Crippen LogP contribution in [0.2, 0.25) is 0 Å². The van der Waals surface area contributed by atoms with E-state index in [0.29, 0.717) is 13.0 Å². The molecule has 0 aliphatic rings. The average Bonchev–Trinajstić information content (AvgIpc) is 2.90. The van der Waals surface area contributed by atoms with Gasteiger partial charge in [-0.05, 0) is 38.8 Å². The molecule has 0 unspecified atom stereocenters. The van der Waals surface area contributed by atoms with E-state index < -0.39 is 15.6 Å². The summed E-state index contributed by atoms with van der Waals surface area (Å²) in [5.41, 5.74) is 4.86. The number of aryl methyl sites for hydroxylation is 2. The molecule has 154 valence electrons. The SMILES string of the molecule is CCCCCS(=O)(=O)CC(=O)N(C)Cc1c(C)nn(-c2ccccc2C)c1C. The lowest BCUT2D eigenvalue weighted by Gasteiger charge is -2.18. The number of rotatable bonds is 9. The van der Waals surface area contributed by atoms with Crippen LogP contribution in [0.5, 0.6) is 0 Å². The third-order valence-electron chi connectivity index (χ3n) is 5.01. The minimum Gasteiger partial charge on any atom is -0.340 e. The zero-order valence-electron chi connectivity index (χ0n) is 17.5. The number of hydrogen-bond donors (Lipinski definition) is 0. The zero-order valence-corrected chi connectivity index (χ0v) is 18.3. The molecule has 28 heavy (non-hydrogen) atoms. The first-order valence-corrected chi connectivity index (χ1v) is 11.5. The Bertz CT molecular complexity index is 932. The topological polar surface area (TPSA) is 72.3 Å². The van der Waals surface area contributed by atoms with Crippen LogP contribution in [0.1, 0.15) is 48.7 Å². The molecular weight excluding hydrogens is 374 g/mol. The van der Waals surface area contributed by atoms with Crippen molar-refractivity contribution in [3.8, 4) is 5.69 Å². The van der Waals surface area contributed by atoms with Gasteiger partial charge in [-0.2, -0.15) is 5.10 Å². The molecular formula is C21H31N3O3S. The molecule has 6 nitrogen and oxygen atoms in total. The number of unbranched alkanes of at least 4 members (excludes halogenated alkanes) is 2. The van der Waals surface area contributed by atoms with Gasteiger partial charge < -0.3 is 4.90 Å². The highest BCUT2D eigenvalue weighted by Crippen LogP contribution is 2.21. The summed E-state index contributed by atoms with van der Waals surface area (Å²) in [5, 5.41) is 4.64. The minimum absolute atomic E-state index is 0.0731. The van der Waals surface area contributed by atoms with Gasteiger partial charge in [0.25, 0.3) is 0 Å². The average molecular weight is 406 g/mol. The zero-order chi connectivity index (χ0) is 20.9. The van der Waals surface area contributed by atoms with E-state index in [-0.39, 0.29) is 11.7 Å². The first-order valence-electron chi connectivity index (χ1n) is 9.71. The van der Waals surface area contributed by atoms with E-state index >= 15 is 0 Å². The van der Waals surface area contributed by atoms with Crippen molar-refractivity contribution in [3.05, 3.63) is 46.8 Å². The highest BCUT2D eigenvalue weighted by Gasteiger charge is 2.22. The van der Waals surface area contributed by atoms with Crippen molar-refractivity contribution < 1.29 is 13.2 Å². The second-order valence-electron chi connectivity index (χ2n) is 7.40. The van der Waals surface area contributed by atoms with Gasteiger partial charge >= 0.3 is 0 Å². The lowest BCUT2D eigenvalue weighted by atomic mass is 10.1. The first-order chi connectivity index (χ1) is 13.2. The minimum atomic E-state index is -3.37. The van der Waals surface area contributed by atoms with Crippen LogP contribution < -0.4 is 0 Å². The Kier molecular flexibility index (Phi) is 7.41. The van der Waals surface area contributed by atoms with Crippen LogP contribution in [0.3, 0.4) is 0 Å². The van der Waals surface area contributed by atoms with Gasteiger partial charge in [0, 0.05) is 24.8 Å². The van der Waals surface area contributed by atoms with E-state index in [2.05, 4.69) is 5.10 Å². The van der Waals surface area contributed by atoms with Gasteiger partial charge in [0.2, 0.25) is 5.91 Å². The molecule has 0 N–H and O–H groups in total. The van der Waals surface area contributed by atoms with Crippen molar-refractivity contribution in [3.63, 3.8) is 0 Å². The third kappa shape index (κ3) is 5.44. The maximum absolute atomic E-state index is 12.5. The number of amides is 1. The Balaban J connectivity index is 2.13. The van der Waals surface area contributed by atoms with Crippen molar-refractivity contribution in [1.29, 1.82) is 0 Å². The van der Waals surface area contributed by atoms with Gasteiger partial charge in [-0.3, -0.25) is 4.79 Å². The van der Waals surface area contributed by atoms with Crippen LogP contribution in [0, 0.1) is 20.8 Å². The van der Waals surface area contributed by atoms with Crippen molar-refractivity contribution in [2.24, 2.45) is 0 Å². The smallest absolute Gasteiger partial charge is 0.237 e. The molecule has 1 aromatic carbocycles. The van der Waals surface area contributed by atoms with Crippen LogP contribution >= 0.6 is 0 Å². The van der Waals surface area contributed by atoms with Crippen LogP contribution in [0.25, 0.3) is 5.69 Å². The first kappa shape index (κ1) is 22.1. The standard InChI is InChI=1S/C21H31N3O3S/c1-6-7-10-13-28(26,27)15-21(25)23(5)14-19-17(3)22-24(18(19)4)20-12-9-8-11-16(20)2/h8-9,11-12H,6-7,10,13-15H2,1-5H3. The molecule has 1 aromatic heterocycles. The van der Waals surface area contributed by atoms with E-state index in [4.69, 9.17) is 0 Å². The summed E-state index contributed by atoms with van der Waals surface area (Å²) in [7, 11) is -1.72. The molecule has 0 aliphatic heterocycles. The van der Waals surface area contributed by atoms with E-state index in [1.165, 1.54) is 4.90 Å². The molecule has 0 saturated heterocycles. The second-order valence-corrected chi connectivity index (χ2v) is 9.58. The summed E-state index contributed by atoms with van der Waals surface area (Å²) in [6.07, 6.45) is 2.42. The monoisotopic (exact) mass is 405 g/mol. The van der Waals surface area contributed by atoms with Gasteiger partial charge in [-0.15, -0.1) is 0 Å². The fraction of sp³-hybridized carbons (Fsp3) is 0.524. The van der Waals surface area contributed by atoms with Gasteiger partial charge in [-0.25, -0.2) is 13.1 Å². The van der Waals surface area contributed by atoms with E-state index in [9.17, 15) is 13.2 Å². The lowest BCUT2D eigenvalue weighted by Crippen LogP contribution is -2.33. The largest absolute Gasteiger partial charge is 0.340 e. The number of hydrogen-bond acceptors (Lipinski definition) is 4. The second kappa shape index (κ2) is 9.37. The molecule has 2 aromatic rings. The predicted octanol–water partition coefficient (Wildman–Crippen LogP) is 3.36. The van der Waals surface area contributed by atoms with Crippen molar-refractivity contribution in [2.75, 3.05) is 18.6 Å². The van der Waals surface area contributed by atoms with Crippen molar-refractivity contribution >= 4 is 15.7 Å².